The molecule has 0 fully saturated rings. The number of nitrogens with one attached hydrogen (secondary N) is 2. The first-order valence-electron chi connectivity index (χ1n) is 9.27. The summed E-state index contributed by atoms with van der Waals surface area (Å²) in [6.07, 6.45) is 0. The highest BCUT2D eigenvalue weighted by Gasteiger charge is 2.23. The van der Waals surface area contributed by atoms with Crippen molar-refractivity contribution in [2.45, 2.75) is 32.6 Å². The number of benzene rings is 2. The smallest absolute Gasteiger partial charge is 0.387 e. The highest BCUT2D eigenvalue weighted by atomic mass is 19.3. The summed E-state index contributed by atoms with van der Waals surface area (Å²) in [6.45, 7) is 1.59. The van der Waals surface area contributed by atoms with Gasteiger partial charge >= 0.3 is 6.61 Å². The molecule has 2 aromatic rings. The number of aliphatic imine (C=N–C) groups is 1. The van der Waals surface area contributed by atoms with Gasteiger partial charge in [0.2, 0.25) is 0 Å². The average Bonchev–Trinajstić information content (AvgIpc) is 2.71. The van der Waals surface area contributed by atoms with Crippen LogP contribution < -0.4 is 20.1 Å². The molecule has 8 heteroatoms. The first kappa shape index (κ1) is 22.4. The Morgan fingerprint density at radius 2 is 1.90 bits per heavy atom. The maximum absolute atomic E-state index is 12.7. The van der Waals surface area contributed by atoms with Crippen molar-refractivity contribution in [1.29, 1.82) is 0 Å². The van der Waals surface area contributed by atoms with Crippen LogP contribution >= 0.6 is 0 Å². The number of rotatable bonds is 9. The van der Waals surface area contributed by atoms with E-state index in [2.05, 4.69) is 20.4 Å². The molecule has 0 spiro atoms. The van der Waals surface area contributed by atoms with Crippen molar-refractivity contribution in [3.8, 4) is 11.5 Å². The lowest BCUT2D eigenvalue weighted by Gasteiger charge is -2.25. The Morgan fingerprint density at radius 1 is 1.17 bits per heavy atom. The quantitative estimate of drug-likeness (QED) is 0.440. The largest absolute Gasteiger partial charge is 0.497 e. The van der Waals surface area contributed by atoms with Gasteiger partial charge in [-0.25, -0.2) is 4.99 Å². The molecule has 0 aliphatic heterocycles. The highest BCUT2D eigenvalue weighted by molar-refractivity contribution is 5.79. The number of hydrogen-bond acceptors (Lipinski definition) is 4. The van der Waals surface area contributed by atoms with Crippen LogP contribution in [-0.2, 0) is 12.1 Å². The molecule has 0 amide bonds. The van der Waals surface area contributed by atoms with Crippen LogP contribution in [0.2, 0.25) is 0 Å². The van der Waals surface area contributed by atoms with Crippen molar-refractivity contribution in [2.24, 2.45) is 4.99 Å². The molecule has 0 aromatic heterocycles. The summed E-state index contributed by atoms with van der Waals surface area (Å²) in [4.78, 5) is 4.42. The predicted octanol–water partition coefficient (Wildman–Crippen LogP) is 3.26. The van der Waals surface area contributed by atoms with Gasteiger partial charge in [0.1, 0.15) is 17.1 Å². The molecule has 0 heterocycles. The van der Waals surface area contributed by atoms with Crippen LogP contribution in [0.5, 0.6) is 11.5 Å². The third-order valence-electron chi connectivity index (χ3n) is 4.24. The highest BCUT2D eigenvalue weighted by Crippen LogP contribution is 2.27. The molecule has 0 aliphatic carbocycles. The van der Waals surface area contributed by atoms with Crippen LogP contribution in [0.4, 0.5) is 8.78 Å². The maximum atomic E-state index is 12.7. The average molecular weight is 407 g/mol. The second-order valence-corrected chi connectivity index (χ2v) is 6.54. The fraction of sp³-hybridized carbons (Fsp3) is 0.381. The normalized spacial score (nSPS) is 13.7. The summed E-state index contributed by atoms with van der Waals surface area (Å²) in [6, 6.07) is 14.0. The van der Waals surface area contributed by atoms with E-state index in [1.54, 1.807) is 19.1 Å². The van der Waals surface area contributed by atoms with E-state index in [1.807, 2.05) is 37.3 Å². The minimum atomic E-state index is -2.95. The Morgan fingerprint density at radius 3 is 2.52 bits per heavy atom. The Balaban J connectivity index is 2.12. The summed E-state index contributed by atoms with van der Waals surface area (Å²) in [5, 5.41) is 16.9. The van der Waals surface area contributed by atoms with Gasteiger partial charge in [-0.1, -0.05) is 30.3 Å². The third kappa shape index (κ3) is 6.90. The van der Waals surface area contributed by atoms with E-state index in [-0.39, 0.29) is 18.8 Å². The molecule has 2 aromatic carbocycles. The Labute approximate surface area is 169 Å². The number of ether oxygens (including phenoxy) is 2. The number of methoxy groups -OCH3 is 1. The zero-order chi connectivity index (χ0) is 21.3. The van der Waals surface area contributed by atoms with E-state index < -0.39 is 12.2 Å². The summed E-state index contributed by atoms with van der Waals surface area (Å²) in [5.41, 5.74) is 0.144. The van der Waals surface area contributed by atoms with Crippen LogP contribution in [0, 0.1) is 0 Å². The molecule has 158 valence electrons. The van der Waals surface area contributed by atoms with Crippen LogP contribution in [0.3, 0.4) is 0 Å². The number of alkyl halides is 2. The first-order chi connectivity index (χ1) is 13.9. The second-order valence-electron chi connectivity index (χ2n) is 6.54. The lowest BCUT2D eigenvalue weighted by atomic mass is 9.96. The van der Waals surface area contributed by atoms with Crippen LogP contribution in [0.25, 0.3) is 0 Å². The summed E-state index contributed by atoms with van der Waals surface area (Å²) < 4.78 is 35.1. The fourth-order valence-corrected chi connectivity index (χ4v) is 2.66. The Bertz CT molecular complexity index is 799. The second kappa shape index (κ2) is 10.6. The van der Waals surface area contributed by atoms with Crippen molar-refractivity contribution < 1.29 is 23.4 Å². The third-order valence-corrected chi connectivity index (χ3v) is 4.24. The van der Waals surface area contributed by atoms with Gasteiger partial charge in [-0.15, -0.1) is 0 Å². The molecule has 2 rings (SSSR count). The zero-order valence-electron chi connectivity index (χ0n) is 16.8. The lowest BCUT2D eigenvalue weighted by molar-refractivity contribution is -0.0505. The standard InChI is InChI=1S/C21H27F2N3O3/c1-4-24-20(26-14-21(2,27)16-8-6-5-7-9-16)25-13-15-10-11-17(28-3)12-18(15)29-19(22)23/h5-12,19,27H,4,13-14H2,1-3H3,(H2,24,25,26). The topological polar surface area (TPSA) is 75.1 Å². The molecule has 0 saturated heterocycles. The van der Waals surface area contributed by atoms with Gasteiger partial charge in [0.05, 0.1) is 20.2 Å². The van der Waals surface area contributed by atoms with Crippen LogP contribution in [0.1, 0.15) is 25.0 Å². The molecule has 0 aliphatic rings. The van der Waals surface area contributed by atoms with Gasteiger partial charge in [0.15, 0.2) is 5.96 Å². The van der Waals surface area contributed by atoms with Gasteiger partial charge < -0.3 is 25.2 Å². The van der Waals surface area contributed by atoms with Gasteiger partial charge in [0.25, 0.3) is 0 Å². The molecule has 1 unspecified atom stereocenters. The minimum absolute atomic E-state index is 0.00947. The van der Waals surface area contributed by atoms with Crippen LogP contribution in [-0.4, -0.2) is 37.9 Å². The van der Waals surface area contributed by atoms with E-state index in [0.717, 1.165) is 5.56 Å². The molecule has 29 heavy (non-hydrogen) atoms. The number of guanidine groups is 1. The van der Waals surface area contributed by atoms with Crippen molar-refractivity contribution in [1.82, 2.24) is 10.6 Å². The molecule has 3 N–H and O–H groups in total. The summed E-state index contributed by atoms with van der Waals surface area (Å²) in [7, 11) is 1.45. The van der Waals surface area contributed by atoms with E-state index in [4.69, 9.17) is 4.74 Å². The van der Waals surface area contributed by atoms with Gasteiger partial charge in [-0.3, -0.25) is 0 Å². The molecule has 0 bridgehead atoms. The summed E-state index contributed by atoms with van der Waals surface area (Å²) in [5.74, 6) is 0.870. The predicted molar refractivity (Wildman–Crippen MR) is 108 cm³/mol. The number of halogens is 2. The van der Waals surface area contributed by atoms with Crippen LogP contribution in [0.15, 0.2) is 53.5 Å². The van der Waals surface area contributed by atoms with Gasteiger partial charge in [-0.05, 0) is 31.5 Å². The van der Waals surface area contributed by atoms with Crippen molar-refractivity contribution in [3.63, 3.8) is 0 Å². The first-order valence-corrected chi connectivity index (χ1v) is 9.27. The molecular weight excluding hydrogens is 380 g/mol. The maximum Gasteiger partial charge on any atom is 0.387 e. The summed E-state index contributed by atoms with van der Waals surface area (Å²) >= 11 is 0. The van der Waals surface area contributed by atoms with Gasteiger partial charge in [-0.2, -0.15) is 8.78 Å². The van der Waals surface area contributed by atoms with Crippen molar-refractivity contribution >= 4 is 5.96 Å². The molecule has 6 nitrogen and oxygen atoms in total. The fourth-order valence-electron chi connectivity index (χ4n) is 2.66. The lowest BCUT2D eigenvalue weighted by Crippen LogP contribution is -2.44. The minimum Gasteiger partial charge on any atom is -0.497 e. The number of hydrogen-bond donors (Lipinski definition) is 3. The number of aliphatic hydroxyl groups is 1. The van der Waals surface area contributed by atoms with Gasteiger partial charge in [0, 0.05) is 18.2 Å². The molecular formula is C21H27F2N3O3. The molecule has 1 atom stereocenters. The molecule has 0 radical (unpaired) electrons. The SMILES string of the molecule is CCNC(=NCc1ccc(OC)cc1OC(F)F)NCC(C)(O)c1ccccc1. The van der Waals surface area contributed by atoms with E-state index in [0.29, 0.717) is 23.8 Å². The van der Waals surface area contributed by atoms with E-state index >= 15 is 0 Å². The van der Waals surface area contributed by atoms with Crippen molar-refractivity contribution in [2.75, 3.05) is 20.2 Å². The van der Waals surface area contributed by atoms with E-state index in [1.165, 1.54) is 13.2 Å². The monoisotopic (exact) mass is 407 g/mol. The Kier molecular flexibility index (Phi) is 8.21. The Hall–Kier alpha value is -2.87. The molecule has 0 saturated carbocycles. The number of nitrogens with zero attached hydrogens (tertiary/aromatic N) is 1. The van der Waals surface area contributed by atoms with E-state index in [9.17, 15) is 13.9 Å². The van der Waals surface area contributed by atoms with Crippen molar-refractivity contribution in [3.05, 3.63) is 59.7 Å². The zero-order valence-corrected chi connectivity index (χ0v) is 16.8.